The lowest BCUT2D eigenvalue weighted by molar-refractivity contribution is -0.141. The molecule has 0 saturated heterocycles. The van der Waals surface area contributed by atoms with Crippen molar-refractivity contribution in [3.8, 4) is 5.75 Å². The van der Waals surface area contributed by atoms with Crippen molar-refractivity contribution in [2.75, 3.05) is 11.5 Å². The number of nitrogen functional groups attached to an aromatic ring is 2. The van der Waals surface area contributed by atoms with Crippen LogP contribution in [-0.4, -0.2) is 11.0 Å². The van der Waals surface area contributed by atoms with E-state index in [0.717, 1.165) is 19.3 Å². The summed E-state index contributed by atoms with van der Waals surface area (Å²) in [6, 6.07) is 10.7. The lowest BCUT2D eigenvalue weighted by atomic mass is 9.86. The first-order chi connectivity index (χ1) is 11.1. The van der Waals surface area contributed by atoms with Crippen molar-refractivity contribution in [2.45, 2.75) is 19.3 Å². The van der Waals surface area contributed by atoms with Crippen LogP contribution in [0.1, 0.15) is 19.3 Å². The molecule has 1 fully saturated rings. The van der Waals surface area contributed by atoms with E-state index < -0.39 is 0 Å². The molecule has 0 aliphatic heterocycles. The molecule has 1 aliphatic carbocycles. The first-order valence-corrected chi connectivity index (χ1v) is 7.38. The van der Waals surface area contributed by atoms with Gasteiger partial charge in [-0.1, -0.05) is 24.6 Å². The highest BCUT2D eigenvalue weighted by Crippen LogP contribution is 2.34. The van der Waals surface area contributed by atoms with Gasteiger partial charge in [0.15, 0.2) is 17.4 Å². The molecule has 1 aromatic carbocycles. The fourth-order valence-electron chi connectivity index (χ4n) is 2.12. The summed E-state index contributed by atoms with van der Waals surface area (Å²) in [6.45, 7) is 0. The van der Waals surface area contributed by atoms with E-state index in [4.69, 9.17) is 16.2 Å². The SMILES string of the molecule is Nc1nc(N)c(OC(=O)C2CCC2)cc1N=Nc1ccccc1. The van der Waals surface area contributed by atoms with Crippen molar-refractivity contribution in [1.29, 1.82) is 0 Å². The summed E-state index contributed by atoms with van der Waals surface area (Å²) in [5.41, 5.74) is 12.5. The summed E-state index contributed by atoms with van der Waals surface area (Å²) < 4.78 is 5.31. The molecule has 118 valence electrons. The third kappa shape index (κ3) is 3.45. The molecule has 0 spiro atoms. The van der Waals surface area contributed by atoms with Gasteiger partial charge in [-0.05, 0) is 25.0 Å². The van der Waals surface area contributed by atoms with Crippen LogP contribution in [0.2, 0.25) is 0 Å². The van der Waals surface area contributed by atoms with Gasteiger partial charge in [0, 0.05) is 6.07 Å². The number of carbonyl (C=O) groups is 1. The first kappa shape index (κ1) is 15.0. The van der Waals surface area contributed by atoms with Crippen LogP contribution in [-0.2, 0) is 4.79 Å². The lowest BCUT2D eigenvalue weighted by Crippen LogP contribution is -2.26. The number of benzene rings is 1. The molecule has 0 radical (unpaired) electrons. The normalized spacial score (nSPS) is 14.6. The standard InChI is InChI=1S/C16H17N5O2/c17-14-12(21-20-11-7-2-1-3-8-11)9-13(15(18)19-14)23-16(22)10-5-4-6-10/h1-3,7-10H,4-6H2,(H4,17,18,19). The molecule has 1 aliphatic rings. The van der Waals surface area contributed by atoms with E-state index in [1.165, 1.54) is 6.07 Å². The lowest BCUT2D eigenvalue weighted by Gasteiger charge is -2.23. The maximum Gasteiger partial charge on any atom is 0.314 e. The van der Waals surface area contributed by atoms with E-state index in [9.17, 15) is 4.79 Å². The average Bonchev–Trinajstić information content (AvgIpc) is 2.48. The Morgan fingerprint density at radius 2 is 1.87 bits per heavy atom. The van der Waals surface area contributed by atoms with Crippen molar-refractivity contribution >= 4 is 29.0 Å². The van der Waals surface area contributed by atoms with Crippen molar-refractivity contribution < 1.29 is 9.53 Å². The van der Waals surface area contributed by atoms with E-state index in [0.29, 0.717) is 11.4 Å². The summed E-state index contributed by atoms with van der Waals surface area (Å²) in [6.07, 6.45) is 2.75. The molecule has 4 N–H and O–H groups in total. The van der Waals surface area contributed by atoms with Crippen LogP contribution in [0.15, 0.2) is 46.6 Å². The Kier molecular flexibility index (Phi) is 4.18. The highest BCUT2D eigenvalue weighted by Gasteiger charge is 2.28. The van der Waals surface area contributed by atoms with Crippen LogP contribution in [0, 0.1) is 5.92 Å². The molecule has 0 atom stereocenters. The largest absolute Gasteiger partial charge is 0.422 e. The van der Waals surface area contributed by atoms with Crippen LogP contribution in [0.4, 0.5) is 23.0 Å². The molecule has 23 heavy (non-hydrogen) atoms. The van der Waals surface area contributed by atoms with Gasteiger partial charge in [0.05, 0.1) is 11.6 Å². The minimum atomic E-state index is -0.291. The van der Waals surface area contributed by atoms with Crippen molar-refractivity contribution in [2.24, 2.45) is 16.1 Å². The number of aromatic nitrogens is 1. The Hall–Kier alpha value is -2.96. The minimum absolute atomic E-state index is 0.0543. The Morgan fingerprint density at radius 1 is 1.13 bits per heavy atom. The number of pyridine rings is 1. The number of anilines is 2. The third-order valence-corrected chi connectivity index (χ3v) is 3.70. The van der Waals surface area contributed by atoms with Gasteiger partial charge in [0.25, 0.3) is 0 Å². The van der Waals surface area contributed by atoms with Gasteiger partial charge in [-0.3, -0.25) is 4.79 Å². The molecule has 0 unspecified atom stereocenters. The molecule has 7 nitrogen and oxygen atoms in total. The van der Waals surface area contributed by atoms with Crippen molar-refractivity contribution in [3.05, 3.63) is 36.4 Å². The van der Waals surface area contributed by atoms with Gasteiger partial charge in [-0.15, -0.1) is 5.11 Å². The Balaban J connectivity index is 1.81. The fourth-order valence-corrected chi connectivity index (χ4v) is 2.12. The van der Waals surface area contributed by atoms with E-state index in [2.05, 4.69) is 15.2 Å². The van der Waals surface area contributed by atoms with Crippen LogP contribution < -0.4 is 16.2 Å². The molecule has 1 aromatic heterocycles. The molecule has 1 heterocycles. The van der Waals surface area contributed by atoms with Gasteiger partial charge in [0.1, 0.15) is 5.69 Å². The van der Waals surface area contributed by atoms with Gasteiger partial charge in [0.2, 0.25) is 0 Å². The van der Waals surface area contributed by atoms with E-state index in [1.54, 1.807) is 0 Å². The maximum atomic E-state index is 11.9. The Morgan fingerprint density at radius 3 is 2.52 bits per heavy atom. The van der Waals surface area contributed by atoms with Crippen LogP contribution in [0.3, 0.4) is 0 Å². The quantitative estimate of drug-likeness (QED) is 0.663. The maximum absolute atomic E-state index is 11.9. The predicted molar refractivity (Wildman–Crippen MR) is 86.7 cm³/mol. The molecule has 1 saturated carbocycles. The van der Waals surface area contributed by atoms with Crippen LogP contribution >= 0.6 is 0 Å². The number of esters is 1. The first-order valence-electron chi connectivity index (χ1n) is 7.38. The number of nitrogens with two attached hydrogens (primary N) is 2. The number of ether oxygens (including phenoxy) is 1. The molecule has 3 rings (SSSR count). The third-order valence-electron chi connectivity index (χ3n) is 3.70. The average molecular weight is 311 g/mol. The van der Waals surface area contributed by atoms with Gasteiger partial charge >= 0.3 is 5.97 Å². The summed E-state index contributed by atoms with van der Waals surface area (Å²) in [4.78, 5) is 15.9. The zero-order chi connectivity index (χ0) is 16.2. The number of hydrogen-bond donors (Lipinski definition) is 2. The second-order valence-corrected chi connectivity index (χ2v) is 5.36. The van der Waals surface area contributed by atoms with E-state index in [1.807, 2.05) is 30.3 Å². The van der Waals surface area contributed by atoms with Crippen molar-refractivity contribution in [1.82, 2.24) is 4.98 Å². The second kappa shape index (κ2) is 6.43. The molecular weight excluding hydrogens is 294 g/mol. The number of nitrogens with zero attached hydrogens (tertiary/aromatic N) is 3. The van der Waals surface area contributed by atoms with E-state index in [-0.39, 0.29) is 29.3 Å². The summed E-state index contributed by atoms with van der Waals surface area (Å²) in [7, 11) is 0. The van der Waals surface area contributed by atoms with Gasteiger partial charge in [-0.25, -0.2) is 4.98 Å². The predicted octanol–water partition coefficient (Wildman–Crippen LogP) is 3.37. The van der Waals surface area contributed by atoms with Crippen LogP contribution in [0.5, 0.6) is 5.75 Å². The summed E-state index contributed by atoms with van der Waals surface area (Å²) >= 11 is 0. The topological polar surface area (TPSA) is 116 Å². The fraction of sp³-hybridized carbons (Fsp3) is 0.250. The molecule has 2 aromatic rings. The summed E-state index contributed by atoms with van der Waals surface area (Å²) in [5, 5.41) is 8.13. The van der Waals surface area contributed by atoms with Gasteiger partial charge < -0.3 is 16.2 Å². The van der Waals surface area contributed by atoms with Crippen molar-refractivity contribution in [3.63, 3.8) is 0 Å². The van der Waals surface area contributed by atoms with Gasteiger partial charge in [-0.2, -0.15) is 5.11 Å². The minimum Gasteiger partial charge on any atom is -0.422 e. The molecule has 0 amide bonds. The monoisotopic (exact) mass is 311 g/mol. The highest BCUT2D eigenvalue weighted by atomic mass is 16.5. The highest BCUT2D eigenvalue weighted by molar-refractivity contribution is 5.78. The van der Waals surface area contributed by atoms with Crippen LogP contribution in [0.25, 0.3) is 0 Å². The Labute approximate surface area is 133 Å². The second-order valence-electron chi connectivity index (χ2n) is 5.36. The zero-order valence-electron chi connectivity index (χ0n) is 12.5. The van der Waals surface area contributed by atoms with E-state index >= 15 is 0 Å². The molecular formula is C16H17N5O2. The summed E-state index contributed by atoms with van der Waals surface area (Å²) in [5.74, 6) is 0.0133. The smallest absolute Gasteiger partial charge is 0.314 e. The number of azo groups is 1. The number of hydrogen-bond acceptors (Lipinski definition) is 7. The molecule has 0 bridgehead atoms. The number of rotatable bonds is 4. The number of carbonyl (C=O) groups excluding carboxylic acids is 1. The zero-order valence-corrected chi connectivity index (χ0v) is 12.5. The Bertz CT molecular complexity index is 742. The molecule has 7 heteroatoms.